The summed E-state index contributed by atoms with van der Waals surface area (Å²) < 4.78 is 5.96. The molecule has 0 aromatic rings. The van der Waals surface area contributed by atoms with Gasteiger partial charge in [-0.15, -0.1) is 0 Å². The third-order valence-electron chi connectivity index (χ3n) is 6.21. The molecule has 0 aromatic heterocycles. The van der Waals surface area contributed by atoms with E-state index in [1.807, 2.05) is 0 Å². The maximum atomic E-state index is 6.77. The van der Waals surface area contributed by atoms with Crippen molar-refractivity contribution in [3.63, 3.8) is 0 Å². The van der Waals surface area contributed by atoms with Gasteiger partial charge in [-0.25, -0.2) is 0 Å². The molecule has 0 amide bonds. The Balaban J connectivity index is 1.55. The molecule has 4 unspecified atom stereocenters. The van der Waals surface area contributed by atoms with E-state index in [4.69, 9.17) is 10.5 Å². The SMILES string of the molecule is CC(CNCC1(N)C2CCCOC2C1(C)C)C1CC1. The van der Waals surface area contributed by atoms with Crippen molar-refractivity contribution in [1.29, 1.82) is 0 Å². The quantitative estimate of drug-likeness (QED) is 0.801. The third-order valence-corrected chi connectivity index (χ3v) is 6.21. The molecule has 1 saturated heterocycles. The van der Waals surface area contributed by atoms with Gasteiger partial charge in [0.2, 0.25) is 0 Å². The Labute approximate surface area is 117 Å². The van der Waals surface area contributed by atoms with Crippen molar-refractivity contribution >= 4 is 0 Å². The lowest BCUT2D eigenvalue weighted by molar-refractivity contribution is -0.225. The molecule has 3 fully saturated rings. The van der Waals surface area contributed by atoms with Crippen LogP contribution in [0, 0.1) is 23.2 Å². The summed E-state index contributed by atoms with van der Waals surface area (Å²) in [4.78, 5) is 0. The fourth-order valence-corrected chi connectivity index (χ4v) is 4.36. The Morgan fingerprint density at radius 3 is 2.74 bits per heavy atom. The molecule has 110 valence electrons. The van der Waals surface area contributed by atoms with E-state index in [1.165, 1.54) is 25.7 Å². The lowest BCUT2D eigenvalue weighted by Gasteiger charge is -2.66. The molecular weight excluding hydrogens is 236 g/mol. The van der Waals surface area contributed by atoms with Crippen LogP contribution in [0.5, 0.6) is 0 Å². The summed E-state index contributed by atoms with van der Waals surface area (Å²) in [6, 6.07) is 0. The van der Waals surface area contributed by atoms with Gasteiger partial charge in [-0.1, -0.05) is 20.8 Å². The van der Waals surface area contributed by atoms with E-state index in [0.717, 1.165) is 31.5 Å². The van der Waals surface area contributed by atoms with Crippen molar-refractivity contribution in [2.75, 3.05) is 19.7 Å². The van der Waals surface area contributed by atoms with Crippen molar-refractivity contribution in [2.45, 2.75) is 58.1 Å². The van der Waals surface area contributed by atoms with Crippen molar-refractivity contribution in [3.05, 3.63) is 0 Å². The van der Waals surface area contributed by atoms with Crippen LogP contribution < -0.4 is 11.1 Å². The second kappa shape index (κ2) is 4.71. The molecule has 3 N–H and O–H groups in total. The minimum atomic E-state index is -0.0820. The Morgan fingerprint density at radius 1 is 1.32 bits per heavy atom. The molecule has 3 rings (SSSR count). The second-order valence-electron chi connectivity index (χ2n) is 7.75. The highest BCUT2D eigenvalue weighted by molar-refractivity contribution is 5.20. The fourth-order valence-electron chi connectivity index (χ4n) is 4.36. The van der Waals surface area contributed by atoms with Crippen LogP contribution in [-0.2, 0) is 4.74 Å². The zero-order valence-electron chi connectivity index (χ0n) is 12.7. The summed E-state index contributed by atoms with van der Waals surface area (Å²) in [5.74, 6) is 2.34. The van der Waals surface area contributed by atoms with Gasteiger partial charge < -0.3 is 15.8 Å². The summed E-state index contributed by atoms with van der Waals surface area (Å²) in [5.41, 5.74) is 6.79. The fraction of sp³-hybridized carbons (Fsp3) is 1.00. The zero-order valence-corrected chi connectivity index (χ0v) is 12.7. The second-order valence-corrected chi connectivity index (χ2v) is 7.75. The lowest BCUT2D eigenvalue weighted by Crippen LogP contribution is -2.80. The van der Waals surface area contributed by atoms with Crippen LogP contribution in [0.4, 0.5) is 0 Å². The molecule has 0 bridgehead atoms. The minimum absolute atomic E-state index is 0.0820. The van der Waals surface area contributed by atoms with E-state index in [2.05, 4.69) is 26.1 Å². The number of hydrogen-bond acceptors (Lipinski definition) is 3. The highest BCUT2D eigenvalue weighted by Gasteiger charge is 2.66. The van der Waals surface area contributed by atoms with Gasteiger partial charge in [-0.05, 0) is 44.1 Å². The van der Waals surface area contributed by atoms with Crippen LogP contribution in [-0.4, -0.2) is 31.3 Å². The largest absolute Gasteiger partial charge is 0.377 e. The molecule has 4 atom stereocenters. The molecule has 3 heteroatoms. The third kappa shape index (κ3) is 2.14. The summed E-state index contributed by atoms with van der Waals surface area (Å²) in [6.07, 6.45) is 5.66. The molecule has 1 aliphatic heterocycles. The van der Waals surface area contributed by atoms with E-state index in [-0.39, 0.29) is 11.0 Å². The molecule has 3 nitrogen and oxygen atoms in total. The number of hydrogen-bond donors (Lipinski definition) is 2. The number of fused-ring (bicyclic) bond motifs is 1. The summed E-state index contributed by atoms with van der Waals surface area (Å²) in [5, 5.41) is 3.66. The Hall–Kier alpha value is -0.120. The average Bonchev–Trinajstić information content (AvgIpc) is 3.22. The van der Waals surface area contributed by atoms with Gasteiger partial charge in [0.25, 0.3) is 0 Å². The average molecular weight is 266 g/mol. The molecule has 2 aliphatic carbocycles. The van der Waals surface area contributed by atoms with Crippen LogP contribution in [0.1, 0.15) is 46.5 Å². The van der Waals surface area contributed by atoms with E-state index >= 15 is 0 Å². The van der Waals surface area contributed by atoms with E-state index in [1.54, 1.807) is 0 Å². The molecule has 0 aromatic carbocycles. The topological polar surface area (TPSA) is 47.3 Å². The number of rotatable bonds is 5. The van der Waals surface area contributed by atoms with Crippen molar-refractivity contribution in [3.8, 4) is 0 Å². The molecule has 19 heavy (non-hydrogen) atoms. The van der Waals surface area contributed by atoms with E-state index in [0.29, 0.717) is 12.0 Å². The van der Waals surface area contributed by atoms with Gasteiger partial charge in [0, 0.05) is 30.0 Å². The number of ether oxygens (including phenoxy) is 1. The maximum Gasteiger partial charge on any atom is 0.0690 e. The van der Waals surface area contributed by atoms with Gasteiger partial charge in [0.05, 0.1) is 6.10 Å². The molecule has 3 aliphatic rings. The van der Waals surface area contributed by atoms with Gasteiger partial charge >= 0.3 is 0 Å². The van der Waals surface area contributed by atoms with Crippen LogP contribution in [0.15, 0.2) is 0 Å². The van der Waals surface area contributed by atoms with Crippen LogP contribution in [0.3, 0.4) is 0 Å². The van der Waals surface area contributed by atoms with Crippen molar-refractivity contribution in [2.24, 2.45) is 28.9 Å². The minimum Gasteiger partial charge on any atom is -0.377 e. The normalized spacial score (nSPS) is 42.3. The number of nitrogens with one attached hydrogen (secondary N) is 1. The number of nitrogens with two attached hydrogens (primary N) is 1. The standard InChI is InChI=1S/C16H30N2O/c1-11(12-6-7-12)9-18-10-16(17)13-5-4-8-19-14(13)15(16,2)3/h11-14,18H,4-10,17H2,1-3H3. The maximum absolute atomic E-state index is 6.77. The zero-order chi connectivity index (χ0) is 13.7. The first-order chi connectivity index (χ1) is 8.97. The Morgan fingerprint density at radius 2 is 2.05 bits per heavy atom. The Bertz CT molecular complexity index is 340. The van der Waals surface area contributed by atoms with Crippen molar-refractivity contribution < 1.29 is 4.74 Å². The highest BCUT2D eigenvalue weighted by atomic mass is 16.5. The van der Waals surface area contributed by atoms with E-state index in [9.17, 15) is 0 Å². The van der Waals surface area contributed by atoms with Crippen LogP contribution >= 0.6 is 0 Å². The van der Waals surface area contributed by atoms with Crippen LogP contribution in [0.25, 0.3) is 0 Å². The monoisotopic (exact) mass is 266 g/mol. The van der Waals surface area contributed by atoms with Gasteiger partial charge in [0.15, 0.2) is 0 Å². The van der Waals surface area contributed by atoms with E-state index < -0.39 is 0 Å². The first-order valence-corrected chi connectivity index (χ1v) is 8.08. The summed E-state index contributed by atoms with van der Waals surface area (Å²) >= 11 is 0. The predicted molar refractivity (Wildman–Crippen MR) is 77.9 cm³/mol. The van der Waals surface area contributed by atoms with Gasteiger partial charge in [0.1, 0.15) is 0 Å². The molecule has 0 radical (unpaired) electrons. The predicted octanol–water partition coefficient (Wildman–Crippen LogP) is 2.15. The molecule has 1 heterocycles. The summed E-state index contributed by atoms with van der Waals surface area (Å²) in [7, 11) is 0. The lowest BCUT2D eigenvalue weighted by atomic mass is 9.46. The smallest absolute Gasteiger partial charge is 0.0690 e. The summed E-state index contributed by atoms with van der Waals surface area (Å²) in [6.45, 7) is 9.93. The first-order valence-electron chi connectivity index (χ1n) is 8.08. The highest BCUT2D eigenvalue weighted by Crippen LogP contribution is 2.57. The van der Waals surface area contributed by atoms with Gasteiger partial charge in [-0.3, -0.25) is 0 Å². The van der Waals surface area contributed by atoms with Crippen molar-refractivity contribution in [1.82, 2.24) is 5.32 Å². The molecule has 2 saturated carbocycles. The first kappa shape index (κ1) is 13.8. The van der Waals surface area contributed by atoms with Gasteiger partial charge in [-0.2, -0.15) is 0 Å². The molecule has 0 spiro atoms. The Kier molecular flexibility index (Phi) is 3.43. The van der Waals surface area contributed by atoms with Crippen LogP contribution in [0.2, 0.25) is 0 Å². The molecular formula is C16H30N2O.